The van der Waals surface area contributed by atoms with Crippen LogP contribution in [0.3, 0.4) is 0 Å². The lowest BCUT2D eigenvalue weighted by Gasteiger charge is -2.30. The maximum absolute atomic E-state index is 4.72. The minimum atomic E-state index is 0.674. The minimum Gasteiger partial charge on any atom is -0.357 e. The van der Waals surface area contributed by atoms with Crippen LogP contribution in [-0.2, 0) is 19.6 Å². The van der Waals surface area contributed by atoms with Crippen molar-refractivity contribution in [1.29, 1.82) is 0 Å². The molecular weight excluding hydrogens is 366 g/mol. The number of likely N-dealkylation sites (tertiary alicyclic amines) is 1. The third-order valence-corrected chi connectivity index (χ3v) is 5.92. The van der Waals surface area contributed by atoms with Gasteiger partial charge in [-0.3, -0.25) is 4.90 Å². The topological polar surface area (TPSA) is 52.6 Å². The molecule has 0 radical (unpaired) electrons. The van der Waals surface area contributed by atoms with Crippen molar-refractivity contribution in [2.75, 3.05) is 19.6 Å². The first-order valence-corrected chi connectivity index (χ1v) is 11.2. The van der Waals surface area contributed by atoms with Crippen molar-refractivity contribution in [3.8, 4) is 0 Å². The van der Waals surface area contributed by atoms with E-state index in [0.717, 1.165) is 30.0 Å². The molecule has 2 aromatic rings. The summed E-state index contributed by atoms with van der Waals surface area (Å²) in [5.41, 5.74) is 2.63. The first kappa shape index (κ1) is 20.8. The van der Waals surface area contributed by atoms with E-state index in [1.165, 1.54) is 41.9 Å². The number of nitrogens with zero attached hydrogens (tertiary/aromatic N) is 3. The Kier molecular flexibility index (Phi) is 7.86. The molecule has 1 aromatic carbocycles. The van der Waals surface area contributed by atoms with E-state index in [9.17, 15) is 0 Å². The van der Waals surface area contributed by atoms with E-state index in [1.54, 1.807) is 11.3 Å². The summed E-state index contributed by atoms with van der Waals surface area (Å²) >= 11 is 1.72. The molecule has 0 spiro atoms. The van der Waals surface area contributed by atoms with Gasteiger partial charge in [-0.1, -0.05) is 31.2 Å². The fourth-order valence-electron chi connectivity index (χ4n) is 3.59. The van der Waals surface area contributed by atoms with Crippen molar-refractivity contribution in [3.05, 3.63) is 51.5 Å². The predicted octanol–water partition coefficient (Wildman–Crippen LogP) is 3.94. The standard InChI is InChI=1S/C22H33N5S/c1-4-23-22(26-14-21-24-12-18(3)28-21)25-13-19-7-9-20(10-8-19)16-27-11-5-6-17(2)15-27/h7-10,12,17H,4-6,11,13-16H2,1-3H3,(H2,23,25,26). The molecule has 1 aliphatic rings. The first-order valence-electron chi connectivity index (χ1n) is 10.4. The van der Waals surface area contributed by atoms with E-state index >= 15 is 0 Å². The Morgan fingerprint density at radius 2 is 2.04 bits per heavy atom. The Labute approximate surface area is 173 Å². The van der Waals surface area contributed by atoms with Crippen molar-refractivity contribution >= 4 is 17.3 Å². The highest BCUT2D eigenvalue weighted by Gasteiger charge is 2.16. The lowest BCUT2D eigenvalue weighted by Crippen LogP contribution is -2.36. The smallest absolute Gasteiger partial charge is 0.191 e. The molecule has 5 nitrogen and oxygen atoms in total. The second-order valence-electron chi connectivity index (χ2n) is 7.71. The van der Waals surface area contributed by atoms with E-state index in [0.29, 0.717) is 13.1 Å². The third kappa shape index (κ3) is 6.60. The molecular formula is C22H33N5S. The second kappa shape index (κ2) is 10.6. The molecule has 1 atom stereocenters. The molecule has 1 aliphatic heterocycles. The van der Waals surface area contributed by atoms with Gasteiger partial charge in [0.2, 0.25) is 0 Å². The second-order valence-corrected chi connectivity index (χ2v) is 9.03. The number of hydrogen-bond donors (Lipinski definition) is 2. The zero-order valence-electron chi connectivity index (χ0n) is 17.4. The molecule has 3 rings (SSSR count). The Morgan fingerprint density at radius 3 is 2.71 bits per heavy atom. The largest absolute Gasteiger partial charge is 0.357 e. The number of thiazole rings is 1. The summed E-state index contributed by atoms with van der Waals surface area (Å²) in [6.07, 6.45) is 4.62. The molecule has 1 aromatic heterocycles. The van der Waals surface area contributed by atoms with E-state index in [-0.39, 0.29) is 0 Å². The number of rotatable bonds is 7. The number of nitrogens with one attached hydrogen (secondary N) is 2. The first-order chi connectivity index (χ1) is 13.6. The summed E-state index contributed by atoms with van der Waals surface area (Å²) in [4.78, 5) is 12.9. The van der Waals surface area contributed by atoms with Gasteiger partial charge < -0.3 is 10.6 Å². The zero-order chi connectivity index (χ0) is 19.8. The quantitative estimate of drug-likeness (QED) is 0.547. The minimum absolute atomic E-state index is 0.674. The van der Waals surface area contributed by atoms with Gasteiger partial charge in [-0.2, -0.15) is 0 Å². The lowest BCUT2D eigenvalue weighted by atomic mass is 9.99. The van der Waals surface area contributed by atoms with Gasteiger partial charge in [0.25, 0.3) is 0 Å². The molecule has 0 saturated carbocycles. The maximum atomic E-state index is 4.72. The summed E-state index contributed by atoms with van der Waals surface area (Å²) in [6.45, 7) is 12.3. The monoisotopic (exact) mass is 399 g/mol. The van der Waals surface area contributed by atoms with Gasteiger partial charge in [0.05, 0.1) is 13.1 Å². The average molecular weight is 400 g/mol. The Balaban J connectivity index is 1.51. The molecule has 1 unspecified atom stereocenters. The van der Waals surface area contributed by atoms with Crippen molar-refractivity contribution in [2.45, 2.75) is 53.2 Å². The van der Waals surface area contributed by atoms with Gasteiger partial charge in [0.1, 0.15) is 5.01 Å². The number of aryl methyl sites for hydroxylation is 1. The summed E-state index contributed by atoms with van der Waals surface area (Å²) in [5, 5.41) is 7.76. The maximum Gasteiger partial charge on any atom is 0.191 e. The Morgan fingerprint density at radius 1 is 1.25 bits per heavy atom. The number of benzene rings is 1. The normalized spacial score (nSPS) is 18.2. The van der Waals surface area contributed by atoms with Crippen LogP contribution in [0.1, 0.15) is 47.7 Å². The van der Waals surface area contributed by atoms with Crippen molar-refractivity contribution < 1.29 is 0 Å². The molecule has 0 aliphatic carbocycles. The summed E-state index contributed by atoms with van der Waals surface area (Å²) in [6, 6.07) is 8.92. The average Bonchev–Trinajstić information content (AvgIpc) is 3.10. The molecule has 28 heavy (non-hydrogen) atoms. The van der Waals surface area contributed by atoms with Crippen molar-refractivity contribution in [1.82, 2.24) is 20.5 Å². The molecule has 6 heteroatoms. The van der Waals surface area contributed by atoms with Gasteiger partial charge in [-0.25, -0.2) is 9.98 Å². The molecule has 152 valence electrons. The van der Waals surface area contributed by atoms with Crippen LogP contribution in [0, 0.1) is 12.8 Å². The van der Waals surface area contributed by atoms with E-state index in [2.05, 4.69) is 65.6 Å². The number of aliphatic imine (C=N–C) groups is 1. The van der Waals surface area contributed by atoms with Gasteiger partial charge in [0.15, 0.2) is 5.96 Å². The fraction of sp³-hybridized carbons (Fsp3) is 0.545. The van der Waals surface area contributed by atoms with Gasteiger partial charge in [-0.15, -0.1) is 11.3 Å². The van der Waals surface area contributed by atoms with Gasteiger partial charge >= 0.3 is 0 Å². The molecule has 0 bridgehead atoms. The summed E-state index contributed by atoms with van der Waals surface area (Å²) < 4.78 is 0. The van der Waals surface area contributed by atoms with Crippen LogP contribution in [0.5, 0.6) is 0 Å². The highest BCUT2D eigenvalue weighted by Crippen LogP contribution is 2.18. The highest BCUT2D eigenvalue weighted by molar-refractivity contribution is 7.11. The molecule has 0 amide bonds. The molecule has 2 N–H and O–H groups in total. The van der Waals surface area contributed by atoms with Gasteiger partial charge in [0, 0.05) is 30.7 Å². The molecule has 1 fully saturated rings. The third-order valence-electron chi connectivity index (χ3n) is 5.01. The van der Waals surface area contributed by atoms with Crippen LogP contribution in [-0.4, -0.2) is 35.5 Å². The van der Waals surface area contributed by atoms with Crippen LogP contribution in [0.25, 0.3) is 0 Å². The number of piperidine rings is 1. The van der Waals surface area contributed by atoms with Crippen molar-refractivity contribution in [2.24, 2.45) is 10.9 Å². The van der Waals surface area contributed by atoms with Crippen molar-refractivity contribution in [3.63, 3.8) is 0 Å². The Bertz CT molecular complexity index is 753. The highest BCUT2D eigenvalue weighted by atomic mass is 32.1. The Hall–Kier alpha value is -1.92. The van der Waals surface area contributed by atoms with Gasteiger partial charge in [-0.05, 0) is 50.3 Å². The van der Waals surface area contributed by atoms with Crippen LogP contribution in [0.4, 0.5) is 0 Å². The van der Waals surface area contributed by atoms with E-state index in [1.807, 2.05) is 6.20 Å². The molecule has 2 heterocycles. The SMILES string of the molecule is CCNC(=NCc1ccc(CN2CCCC(C)C2)cc1)NCc1ncc(C)s1. The fourth-order valence-corrected chi connectivity index (χ4v) is 4.32. The van der Waals surface area contributed by atoms with E-state index in [4.69, 9.17) is 4.99 Å². The molecule has 1 saturated heterocycles. The number of hydrogen-bond acceptors (Lipinski definition) is 4. The zero-order valence-corrected chi connectivity index (χ0v) is 18.2. The van der Waals surface area contributed by atoms with E-state index < -0.39 is 0 Å². The summed E-state index contributed by atoms with van der Waals surface area (Å²) in [5.74, 6) is 1.66. The number of aromatic nitrogens is 1. The summed E-state index contributed by atoms with van der Waals surface area (Å²) in [7, 11) is 0. The number of guanidine groups is 1. The van der Waals surface area contributed by atoms with Crippen LogP contribution >= 0.6 is 11.3 Å². The van der Waals surface area contributed by atoms with Crippen LogP contribution in [0.2, 0.25) is 0 Å². The van der Waals surface area contributed by atoms with Crippen LogP contribution < -0.4 is 10.6 Å². The lowest BCUT2D eigenvalue weighted by molar-refractivity contribution is 0.176. The predicted molar refractivity (Wildman–Crippen MR) is 119 cm³/mol. The van der Waals surface area contributed by atoms with Crippen LogP contribution in [0.15, 0.2) is 35.5 Å².